The van der Waals surface area contributed by atoms with E-state index in [9.17, 15) is 9.59 Å². The first kappa shape index (κ1) is 14.7. The molecule has 1 aliphatic carbocycles. The molecule has 6 heteroatoms. The molecule has 1 saturated carbocycles. The topological polar surface area (TPSA) is 71.1 Å². The van der Waals surface area contributed by atoms with Gasteiger partial charge in [-0.05, 0) is 44.0 Å². The molecule has 0 spiro atoms. The molecular weight excluding hydrogens is 298 g/mol. The lowest BCUT2D eigenvalue weighted by Crippen LogP contribution is -2.26. The molecular formula is C16H17N3O2S. The highest BCUT2D eigenvalue weighted by molar-refractivity contribution is 7.18. The average molecular weight is 315 g/mol. The molecule has 0 radical (unpaired) electrons. The van der Waals surface area contributed by atoms with E-state index in [0.717, 1.165) is 18.5 Å². The molecule has 1 atom stereocenters. The van der Waals surface area contributed by atoms with Gasteiger partial charge in [-0.25, -0.2) is 0 Å². The first-order valence-corrected chi connectivity index (χ1v) is 8.07. The van der Waals surface area contributed by atoms with E-state index in [2.05, 4.69) is 15.6 Å². The Hall–Kier alpha value is -2.21. The average Bonchev–Trinajstić information content (AvgIpc) is 3.28. The maximum atomic E-state index is 12.2. The molecule has 0 bridgehead atoms. The highest BCUT2D eigenvalue weighted by atomic mass is 32.1. The van der Waals surface area contributed by atoms with Crippen molar-refractivity contribution in [2.75, 3.05) is 5.32 Å². The molecule has 2 heterocycles. The quantitative estimate of drug-likeness (QED) is 0.891. The Balaban J connectivity index is 1.60. The number of carbonyl (C=O) groups is 2. The van der Waals surface area contributed by atoms with E-state index in [4.69, 9.17) is 0 Å². The predicted molar refractivity (Wildman–Crippen MR) is 85.8 cm³/mol. The van der Waals surface area contributed by atoms with Gasteiger partial charge in [-0.3, -0.25) is 14.6 Å². The van der Waals surface area contributed by atoms with Crippen LogP contribution in [0.3, 0.4) is 0 Å². The summed E-state index contributed by atoms with van der Waals surface area (Å²) in [5, 5.41) is 6.48. The van der Waals surface area contributed by atoms with Crippen molar-refractivity contribution in [3.8, 4) is 0 Å². The molecule has 2 aromatic rings. The van der Waals surface area contributed by atoms with Crippen molar-refractivity contribution in [3.63, 3.8) is 0 Å². The minimum Gasteiger partial charge on any atom is -0.343 e. The number of nitrogens with one attached hydrogen (secondary N) is 2. The van der Waals surface area contributed by atoms with E-state index < -0.39 is 0 Å². The van der Waals surface area contributed by atoms with Crippen LogP contribution >= 0.6 is 11.3 Å². The van der Waals surface area contributed by atoms with Gasteiger partial charge in [0.05, 0.1) is 21.6 Å². The minimum atomic E-state index is -0.166. The van der Waals surface area contributed by atoms with Gasteiger partial charge in [0.25, 0.3) is 5.91 Å². The zero-order valence-corrected chi connectivity index (χ0v) is 13.0. The zero-order valence-electron chi connectivity index (χ0n) is 12.2. The smallest absolute Gasteiger partial charge is 0.261 e. The Morgan fingerprint density at radius 3 is 2.77 bits per heavy atom. The molecule has 2 aromatic heterocycles. The molecule has 0 aromatic carbocycles. The maximum absolute atomic E-state index is 12.2. The van der Waals surface area contributed by atoms with Gasteiger partial charge in [0.2, 0.25) is 5.91 Å². The van der Waals surface area contributed by atoms with Crippen molar-refractivity contribution in [3.05, 3.63) is 47.1 Å². The summed E-state index contributed by atoms with van der Waals surface area (Å²) in [4.78, 5) is 28.7. The van der Waals surface area contributed by atoms with Crippen LogP contribution < -0.4 is 10.6 Å². The van der Waals surface area contributed by atoms with Gasteiger partial charge in [-0.1, -0.05) is 6.07 Å². The number of hydrogen-bond acceptors (Lipinski definition) is 4. The van der Waals surface area contributed by atoms with Crippen molar-refractivity contribution in [2.45, 2.75) is 25.8 Å². The number of anilines is 1. The molecule has 1 fully saturated rings. The lowest BCUT2D eigenvalue weighted by molar-refractivity contribution is -0.117. The fourth-order valence-electron chi connectivity index (χ4n) is 2.07. The second-order valence-corrected chi connectivity index (χ2v) is 6.46. The van der Waals surface area contributed by atoms with Crippen molar-refractivity contribution in [1.29, 1.82) is 0 Å². The van der Waals surface area contributed by atoms with Crippen LogP contribution in [0.2, 0.25) is 0 Å². The SMILES string of the molecule is CC(NC(=O)c1ccc(NC(=O)C2CC2)s1)c1ccccn1. The number of aromatic nitrogens is 1. The highest BCUT2D eigenvalue weighted by Crippen LogP contribution is 2.31. The normalized spacial score (nSPS) is 15.1. The van der Waals surface area contributed by atoms with Crippen LogP contribution in [0.4, 0.5) is 5.00 Å². The van der Waals surface area contributed by atoms with Gasteiger partial charge in [0.15, 0.2) is 0 Å². The van der Waals surface area contributed by atoms with Crippen LogP contribution in [0.1, 0.15) is 41.2 Å². The number of pyridine rings is 1. The van der Waals surface area contributed by atoms with Crippen LogP contribution in [-0.4, -0.2) is 16.8 Å². The Morgan fingerprint density at radius 1 is 1.27 bits per heavy atom. The Kier molecular flexibility index (Phi) is 4.20. The monoisotopic (exact) mass is 315 g/mol. The van der Waals surface area contributed by atoms with E-state index in [0.29, 0.717) is 9.88 Å². The third-order valence-electron chi connectivity index (χ3n) is 3.50. The molecule has 22 heavy (non-hydrogen) atoms. The summed E-state index contributed by atoms with van der Waals surface area (Å²) in [5.74, 6) is 0.0503. The van der Waals surface area contributed by atoms with Crippen molar-refractivity contribution < 1.29 is 9.59 Å². The molecule has 2 N–H and O–H groups in total. The van der Waals surface area contributed by atoms with Crippen molar-refractivity contribution in [2.24, 2.45) is 5.92 Å². The number of hydrogen-bond donors (Lipinski definition) is 2. The second kappa shape index (κ2) is 6.27. The number of rotatable bonds is 5. The fraction of sp³-hybridized carbons (Fsp3) is 0.312. The maximum Gasteiger partial charge on any atom is 0.261 e. The first-order valence-electron chi connectivity index (χ1n) is 7.26. The van der Waals surface area contributed by atoms with Gasteiger partial charge in [0, 0.05) is 12.1 Å². The van der Waals surface area contributed by atoms with Crippen LogP contribution in [0.25, 0.3) is 0 Å². The molecule has 3 rings (SSSR count). The summed E-state index contributed by atoms with van der Waals surface area (Å²) in [6.07, 6.45) is 3.63. The summed E-state index contributed by atoms with van der Waals surface area (Å²) >= 11 is 1.29. The van der Waals surface area contributed by atoms with Gasteiger partial charge in [-0.2, -0.15) is 0 Å². The van der Waals surface area contributed by atoms with E-state index in [1.807, 2.05) is 25.1 Å². The lowest BCUT2D eigenvalue weighted by atomic mass is 10.2. The number of nitrogens with zero attached hydrogens (tertiary/aromatic N) is 1. The third kappa shape index (κ3) is 3.51. The van der Waals surface area contributed by atoms with E-state index >= 15 is 0 Å². The van der Waals surface area contributed by atoms with Crippen LogP contribution in [-0.2, 0) is 4.79 Å². The van der Waals surface area contributed by atoms with Crippen LogP contribution in [0, 0.1) is 5.92 Å². The summed E-state index contributed by atoms with van der Waals surface area (Å²) < 4.78 is 0. The van der Waals surface area contributed by atoms with Crippen molar-refractivity contribution in [1.82, 2.24) is 10.3 Å². The summed E-state index contributed by atoms with van der Waals surface area (Å²) in [7, 11) is 0. The largest absolute Gasteiger partial charge is 0.343 e. The number of thiophene rings is 1. The minimum absolute atomic E-state index is 0.0515. The highest BCUT2D eigenvalue weighted by Gasteiger charge is 2.29. The van der Waals surface area contributed by atoms with Gasteiger partial charge in [-0.15, -0.1) is 11.3 Å². The van der Waals surface area contributed by atoms with Crippen LogP contribution in [0.15, 0.2) is 36.5 Å². The summed E-state index contributed by atoms with van der Waals surface area (Å²) in [6, 6.07) is 8.94. The molecule has 2 amide bonds. The third-order valence-corrected chi connectivity index (χ3v) is 4.50. The van der Waals surface area contributed by atoms with Gasteiger partial charge < -0.3 is 10.6 Å². The number of carbonyl (C=O) groups excluding carboxylic acids is 2. The second-order valence-electron chi connectivity index (χ2n) is 5.38. The predicted octanol–water partition coefficient (Wildman–Crippen LogP) is 2.98. The van der Waals surface area contributed by atoms with Gasteiger partial charge >= 0.3 is 0 Å². The van der Waals surface area contributed by atoms with E-state index in [1.54, 1.807) is 18.3 Å². The molecule has 1 unspecified atom stereocenters. The van der Waals surface area contributed by atoms with Crippen molar-refractivity contribution >= 4 is 28.2 Å². The standard InChI is InChI=1S/C16H17N3O2S/c1-10(12-4-2-3-9-17-12)18-16(21)13-7-8-14(22-13)19-15(20)11-5-6-11/h2-4,7-11H,5-6H2,1H3,(H,18,21)(H,19,20). The first-order chi connectivity index (χ1) is 10.6. The fourth-order valence-corrected chi connectivity index (χ4v) is 2.88. The van der Waals surface area contributed by atoms with E-state index in [-0.39, 0.29) is 23.8 Å². The molecule has 5 nitrogen and oxygen atoms in total. The Labute approximate surface area is 132 Å². The van der Waals surface area contributed by atoms with E-state index in [1.165, 1.54) is 11.3 Å². The Morgan fingerprint density at radius 2 is 2.09 bits per heavy atom. The Bertz CT molecular complexity index is 680. The number of amides is 2. The zero-order chi connectivity index (χ0) is 15.5. The summed E-state index contributed by atoms with van der Waals surface area (Å²) in [5.41, 5.74) is 0.815. The lowest BCUT2D eigenvalue weighted by Gasteiger charge is -2.12. The van der Waals surface area contributed by atoms with Crippen LogP contribution in [0.5, 0.6) is 0 Å². The van der Waals surface area contributed by atoms with Gasteiger partial charge in [0.1, 0.15) is 0 Å². The summed E-state index contributed by atoms with van der Waals surface area (Å²) in [6.45, 7) is 1.89. The molecule has 0 aliphatic heterocycles. The molecule has 0 saturated heterocycles. The molecule has 1 aliphatic rings. The molecule has 114 valence electrons.